The van der Waals surface area contributed by atoms with Crippen LogP contribution < -0.4 is 5.32 Å². The van der Waals surface area contributed by atoms with Crippen molar-refractivity contribution in [2.75, 3.05) is 13.1 Å². The molecule has 1 aromatic rings. The maximum absolute atomic E-state index is 4.21. The lowest BCUT2D eigenvalue weighted by Crippen LogP contribution is -2.54. The van der Waals surface area contributed by atoms with E-state index in [4.69, 9.17) is 0 Å². The van der Waals surface area contributed by atoms with Crippen molar-refractivity contribution in [1.29, 1.82) is 0 Å². The molecule has 0 aromatic carbocycles. The van der Waals surface area contributed by atoms with Gasteiger partial charge in [0.2, 0.25) is 0 Å². The Morgan fingerprint density at radius 2 is 2.24 bits per heavy atom. The van der Waals surface area contributed by atoms with Crippen molar-refractivity contribution in [1.82, 2.24) is 15.2 Å². The number of aromatic nitrogens is 1. The van der Waals surface area contributed by atoms with Crippen LogP contribution in [0, 0.1) is 6.92 Å². The third kappa shape index (κ3) is 3.41. The molecule has 2 rings (SSSR count). The average Bonchev–Trinajstić information content (AvgIpc) is 2.28. The van der Waals surface area contributed by atoms with E-state index in [-0.39, 0.29) is 12.4 Å². The zero-order chi connectivity index (χ0) is 11.5. The maximum Gasteiger partial charge on any atom is 0.0315 e. The standard InChI is InChI=1S/C13H21N3.ClH/c1-10-4-5-14-8-13(10)9-16-7-6-15-11(2)12(16)3;/h4-5,8,11-12,15H,6-7,9H2,1-3H3;1H. The second-order valence-electron chi connectivity index (χ2n) is 4.76. The number of hydrogen-bond donors (Lipinski definition) is 1. The first kappa shape index (κ1) is 14.4. The molecule has 2 heterocycles. The van der Waals surface area contributed by atoms with E-state index in [1.807, 2.05) is 12.4 Å². The minimum absolute atomic E-state index is 0. The molecule has 4 heteroatoms. The smallest absolute Gasteiger partial charge is 0.0315 e. The number of piperazine rings is 1. The highest BCUT2D eigenvalue weighted by Crippen LogP contribution is 2.15. The van der Waals surface area contributed by atoms with Crippen molar-refractivity contribution in [2.45, 2.75) is 39.4 Å². The molecular formula is C13H22ClN3. The fraction of sp³-hybridized carbons (Fsp3) is 0.615. The molecule has 1 saturated heterocycles. The zero-order valence-corrected chi connectivity index (χ0v) is 11.6. The number of nitrogens with one attached hydrogen (secondary N) is 1. The summed E-state index contributed by atoms with van der Waals surface area (Å²) >= 11 is 0. The van der Waals surface area contributed by atoms with E-state index in [0.717, 1.165) is 19.6 Å². The Kier molecular flexibility index (Phi) is 5.37. The van der Waals surface area contributed by atoms with Crippen molar-refractivity contribution in [3.63, 3.8) is 0 Å². The lowest BCUT2D eigenvalue weighted by Gasteiger charge is -2.38. The van der Waals surface area contributed by atoms with Gasteiger partial charge in [0.05, 0.1) is 0 Å². The van der Waals surface area contributed by atoms with E-state index >= 15 is 0 Å². The molecule has 0 spiro atoms. The van der Waals surface area contributed by atoms with Gasteiger partial charge in [-0.1, -0.05) is 0 Å². The summed E-state index contributed by atoms with van der Waals surface area (Å²) in [4.78, 5) is 6.75. The highest BCUT2D eigenvalue weighted by Gasteiger charge is 2.24. The van der Waals surface area contributed by atoms with E-state index in [9.17, 15) is 0 Å². The fourth-order valence-electron chi connectivity index (χ4n) is 2.23. The number of hydrogen-bond acceptors (Lipinski definition) is 3. The molecule has 0 radical (unpaired) electrons. The average molecular weight is 256 g/mol. The predicted octanol–water partition coefficient (Wildman–Crippen LogP) is 1.99. The lowest BCUT2D eigenvalue weighted by atomic mass is 10.1. The highest BCUT2D eigenvalue weighted by atomic mass is 35.5. The van der Waals surface area contributed by atoms with Gasteiger partial charge in [-0.25, -0.2) is 0 Å². The Labute approximate surface area is 110 Å². The molecule has 0 amide bonds. The van der Waals surface area contributed by atoms with Crippen molar-refractivity contribution >= 4 is 12.4 Å². The minimum Gasteiger partial charge on any atom is -0.311 e. The summed E-state index contributed by atoms with van der Waals surface area (Å²) in [6.07, 6.45) is 3.86. The van der Waals surface area contributed by atoms with Crippen molar-refractivity contribution in [2.24, 2.45) is 0 Å². The van der Waals surface area contributed by atoms with E-state index < -0.39 is 0 Å². The Morgan fingerprint density at radius 1 is 1.47 bits per heavy atom. The van der Waals surface area contributed by atoms with Crippen molar-refractivity contribution in [3.05, 3.63) is 29.6 Å². The number of nitrogens with zero attached hydrogens (tertiary/aromatic N) is 2. The van der Waals surface area contributed by atoms with E-state index in [0.29, 0.717) is 12.1 Å². The molecule has 2 atom stereocenters. The molecule has 1 aliphatic heterocycles. The molecule has 0 aliphatic carbocycles. The summed E-state index contributed by atoms with van der Waals surface area (Å²) in [6, 6.07) is 3.25. The molecule has 96 valence electrons. The molecule has 3 nitrogen and oxygen atoms in total. The molecule has 2 unspecified atom stereocenters. The summed E-state index contributed by atoms with van der Waals surface area (Å²) in [6.45, 7) is 9.94. The van der Waals surface area contributed by atoms with Gasteiger partial charge in [-0.05, 0) is 38.0 Å². The van der Waals surface area contributed by atoms with Gasteiger partial charge >= 0.3 is 0 Å². The van der Waals surface area contributed by atoms with Crippen LogP contribution in [0.3, 0.4) is 0 Å². The summed E-state index contributed by atoms with van der Waals surface area (Å²) in [7, 11) is 0. The van der Waals surface area contributed by atoms with Crippen LogP contribution in [0.4, 0.5) is 0 Å². The van der Waals surface area contributed by atoms with E-state index in [1.165, 1.54) is 11.1 Å². The normalized spacial score (nSPS) is 25.4. The van der Waals surface area contributed by atoms with Crippen molar-refractivity contribution < 1.29 is 0 Å². The highest BCUT2D eigenvalue weighted by molar-refractivity contribution is 5.85. The lowest BCUT2D eigenvalue weighted by molar-refractivity contribution is 0.130. The maximum atomic E-state index is 4.21. The van der Waals surface area contributed by atoms with Gasteiger partial charge in [0.25, 0.3) is 0 Å². The number of halogens is 1. The van der Waals surface area contributed by atoms with Gasteiger partial charge < -0.3 is 5.32 Å². The first-order valence-electron chi connectivity index (χ1n) is 6.05. The van der Waals surface area contributed by atoms with Crippen LogP contribution in [-0.2, 0) is 6.54 Å². The summed E-state index contributed by atoms with van der Waals surface area (Å²) in [5, 5.41) is 3.50. The van der Waals surface area contributed by atoms with Gasteiger partial charge in [0, 0.05) is 44.1 Å². The van der Waals surface area contributed by atoms with Gasteiger partial charge in [0.15, 0.2) is 0 Å². The fourth-order valence-corrected chi connectivity index (χ4v) is 2.23. The third-order valence-electron chi connectivity index (χ3n) is 3.69. The number of aryl methyl sites for hydroxylation is 1. The summed E-state index contributed by atoms with van der Waals surface area (Å²) < 4.78 is 0. The van der Waals surface area contributed by atoms with Gasteiger partial charge in [-0.2, -0.15) is 0 Å². The van der Waals surface area contributed by atoms with E-state index in [1.54, 1.807) is 0 Å². The second-order valence-corrected chi connectivity index (χ2v) is 4.76. The van der Waals surface area contributed by atoms with Crippen LogP contribution in [0.5, 0.6) is 0 Å². The Morgan fingerprint density at radius 3 is 2.94 bits per heavy atom. The van der Waals surface area contributed by atoms with Crippen LogP contribution in [0.2, 0.25) is 0 Å². The summed E-state index contributed by atoms with van der Waals surface area (Å²) in [5.41, 5.74) is 2.69. The zero-order valence-electron chi connectivity index (χ0n) is 10.8. The van der Waals surface area contributed by atoms with Gasteiger partial charge in [-0.3, -0.25) is 9.88 Å². The number of rotatable bonds is 2. The molecule has 1 N–H and O–H groups in total. The number of pyridine rings is 1. The monoisotopic (exact) mass is 255 g/mol. The topological polar surface area (TPSA) is 28.2 Å². The van der Waals surface area contributed by atoms with Crippen LogP contribution >= 0.6 is 12.4 Å². The van der Waals surface area contributed by atoms with Crippen molar-refractivity contribution in [3.8, 4) is 0 Å². The van der Waals surface area contributed by atoms with Crippen LogP contribution in [-0.4, -0.2) is 35.1 Å². The molecule has 17 heavy (non-hydrogen) atoms. The molecule has 0 saturated carbocycles. The summed E-state index contributed by atoms with van der Waals surface area (Å²) in [5.74, 6) is 0. The van der Waals surface area contributed by atoms with Crippen LogP contribution in [0.25, 0.3) is 0 Å². The predicted molar refractivity (Wildman–Crippen MR) is 73.6 cm³/mol. The quantitative estimate of drug-likeness (QED) is 0.876. The molecule has 1 aliphatic rings. The first-order chi connectivity index (χ1) is 7.68. The second kappa shape index (κ2) is 6.34. The molecular weight excluding hydrogens is 234 g/mol. The minimum atomic E-state index is 0. The Balaban J connectivity index is 0.00000144. The van der Waals surface area contributed by atoms with Crippen LogP contribution in [0.15, 0.2) is 18.5 Å². The van der Waals surface area contributed by atoms with Gasteiger partial charge in [-0.15, -0.1) is 12.4 Å². The molecule has 1 aromatic heterocycles. The SMILES string of the molecule is Cc1ccncc1CN1CCNC(C)C1C.Cl. The first-order valence-corrected chi connectivity index (χ1v) is 6.05. The van der Waals surface area contributed by atoms with Crippen LogP contribution in [0.1, 0.15) is 25.0 Å². The largest absolute Gasteiger partial charge is 0.311 e. The molecule has 0 bridgehead atoms. The van der Waals surface area contributed by atoms with Gasteiger partial charge in [0.1, 0.15) is 0 Å². The Hall–Kier alpha value is -0.640. The molecule has 1 fully saturated rings. The Bertz CT molecular complexity index is 356. The third-order valence-corrected chi connectivity index (χ3v) is 3.69. The van der Waals surface area contributed by atoms with E-state index in [2.05, 4.69) is 42.0 Å².